The van der Waals surface area contributed by atoms with Crippen LogP contribution in [0.25, 0.3) is 0 Å². The van der Waals surface area contributed by atoms with E-state index in [2.05, 4.69) is 10.3 Å². The molecule has 0 aliphatic carbocycles. The summed E-state index contributed by atoms with van der Waals surface area (Å²) in [6, 6.07) is 4.30. The highest BCUT2D eigenvalue weighted by Gasteiger charge is 2.32. The zero-order valence-electron chi connectivity index (χ0n) is 7.26. The van der Waals surface area contributed by atoms with Crippen LogP contribution in [0.1, 0.15) is 30.1 Å². The molecular formula is C10H11FN2. The maximum Gasteiger partial charge on any atom is 0.213 e. The van der Waals surface area contributed by atoms with Gasteiger partial charge in [0.1, 0.15) is 0 Å². The fraction of sp³-hybridized carbons (Fsp3) is 0.500. The summed E-state index contributed by atoms with van der Waals surface area (Å²) < 4.78 is 12.8. The third kappa shape index (κ3) is 1.07. The smallest absolute Gasteiger partial charge is 0.213 e. The van der Waals surface area contributed by atoms with Gasteiger partial charge in [-0.2, -0.15) is 4.39 Å². The van der Waals surface area contributed by atoms with Crippen LogP contribution >= 0.6 is 0 Å². The molecule has 3 heterocycles. The third-order valence-electron chi connectivity index (χ3n) is 3.03. The van der Waals surface area contributed by atoms with E-state index in [0.717, 1.165) is 12.1 Å². The highest BCUT2D eigenvalue weighted by Crippen LogP contribution is 2.34. The second kappa shape index (κ2) is 2.51. The average Bonchev–Trinajstić information content (AvgIpc) is 2.48. The molecule has 1 aromatic heterocycles. The van der Waals surface area contributed by atoms with Gasteiger partial charge in [-0.05, 0) is 24.5 Å². The number of hydrogen-bond donors (Lipinski definition) is 1. The average molecular weight is 178 g/mol. The predicted octanol–water partition coefficient (Wildman–Crippen LogP) is 1.57. The van der Waals surface area contributed by atoms with Crippen LogP contribution in [0.5, 0.6) is 0 Å². The lowest BCUT2D eigenvalue weighted by Crippen LogP contribution is -2.32. The van der Waals surface area contributed by atoms with E-state index in [-0.39, 0.29) is 5.95 Å². The number of fused-ring (bicyclic) bond motifs is 4. The fourth-order valence-electron chi connectivity index (χ4n) is 2.42. The van der Waals surface area contributed by atoms with Crippen molar-refractivity contribution in [3.8, 4) is 0 Å². The van der Waals surface area contributed by atoms with E-state index in [1.807, 2.05) is 6.07 Å². The molecule has 0 spiro atoms. The van der Waals surface area contributed by atoms with Crippen LogP contribution < -0.4 is 5.32 Å². The summed E-state index contributed by atoms with van der Waals surface area (Å²) in [5.41, 5.74) is 2.17. The van der Waals surface area contributed by atoms with E-state index in [0.29, 0.717) is 12.1 Å². The number of nitrogens with one attached hydrogen (secondary N) is 1. The first-order valence-corrected chi connectivity index (χ1v) is 4.74. The second-order valence-electron chi connectivity index (χ2n) is 3.87. The zero-order chi connectivity index (χ0) is 8.84. The van der Waals surface area contributed by atoms with Gasteiger partial charge in [-0.1, -0.05) is 6.07 Å². The zero-order valence-corrected chi connectivity index (χ0v) is 7.26. The Morgan fingerprint density at radius 3 is 3.23 bits per heavy atom. The van der Waals surface area contributed by atoms with Gasteiger partial charge in [0.25, 0.3) is 0 Å². The first-order valence-electron chi connectivity index (χ1n) is 4.74. The monoisotopic (exact) mass is 178 g/mol. The SMILES string of the molecule is Fc1ccc2c(n1)CC1CCC2N1. The van der Waals surface area contributed by atoms with Gasteiger partial charge >= 0.3 is 0 Å². The Hall–Kier alpha value is -0.960. The summed E-state index contributed by atoms with van der Waals surface area (Å²) in [5.74, 6) is -0.347. The first kappa shape index (κ1) is 7.44. The Kier molecular flexibility index (Phi) is 1.44. The molecule has 1 saturated heterocycles. The predicted molar refractivity (Wildman–Crippen MR) is 46.8 cm³/mol. The molecule has 2 atom stereocenters. The quantitative estimate of drug-likeness (QED) is 0.610. The Labute approximate surface area is 76.2 Å². The normalized spacial score (nSPS) is 30.2. The molecule has 0 amide bonds. The van der Waals surface area contributed by atoms with Gasteiger partial charge in [0, 0.05) is 24.2 Å². The van der Waals surface area contributed by atoms with Crippen LogP contribution in [0, 0.1) is 5.95 Å². The summed E-state index contributed by atoms with van der Waals surface area (Å²) >= 11 is 0. The molecule has 2 nitrogen and oxygen atoms in total. The molecule has 2 unspecified atom stereocenters. The van der Waals surface area contributed by atoms with E-state index < -0.39 is 0 Å². The first-order chi connectivity index (χ1) is 6.33. The Balaban J connectivity index is 2.12. The van der Waals surface area contributed by atoms with Gasteiger partial charge < -0.3 is 5.32 Å². The summed E-state index contributed by atoms with van der Waals surface area (Å²) in [7, 11) is 0. The number of pyridine rings is 1. The molecular weight excluding hydrogens is 167 g/mol. The number of aromatic nitrogens is 1. The van der Waals surface area contributed by atoms with Crippen molar-refractivity contribution in [2.45, 2.75) is 31.3 Å². The molecule has 0 saturated carbocycles. The maximum atomic E-state index is 12.8. The van der Waals surface area contributed by atoms with Gasteiger partial charge in [0.05, 0.1) is 0 Å². The summed E-state index contributed by atoms with van der Waals surface area (Å²) in [4.78, 5) is 3.95. The van der Waals surface area contributed by atoms with Crippen LogP contribution in [0.2, 0.25) is 0 Å². The highest BCUT2D eigenvalue weighted by molar-refractivity contribution is 5.29. The van der Waals surface area contributed by atoms with E-state index >= 15 is 0 Å². The van der Waals surface area contributed by atoms with E-state index in [1.54, 1.807) is 0 Å². The largest absolute Gasteiger partial charge is 0.307 e. The van der Waals surface area contributed by atoms with Crippen LogP contribution in [0.4, 0.5) is 4.39 Å². The minimum atomic E-state index is -0.347. The summed E-state index contributed by atoms with van der Waals surface area (Å²) in [6.45, 7) is 0. The molecule has 2 aliphatic heterocycles. The molecule has 13 heavy (non-hydrogen) atoms. The van der Waals surface area contributed by atoms with Crippen LogP contribution in [0.15, 0.2) is 12.1 Å². The topological polar surface area (TPSA) is 24.9 Å². The summed E-state index contributed by atoms with van der Waals surface area (Å²) in [6.07, 6.45) is 3.26. The Morgan fingerprint density at radius 2 is 2.31 bits per heavy atom. The van der Waals surface area contributed by atoms with E-state index in [9.17, 15) is 4.39 Å². The van der Waals surface area contributed by atoms with Crippen LogP contribution in [-0.2, 0) is 6.42 Å². The van der Waals surface area contributed by atoms with Crippen molar-refractivity contribution in [1.82, 2.24) is 10.3 Å². The Bertz CT molecular complexity index is 351. The number of halogens is 1. The maximum absolute atomic E-state index is 12.8. The minimum absolute atomic E-state index is 0.347. The van der Waals surface area contributed by atoms with Crippen molar-refractivity contribution in [2.75, 3.05) is 0 Å². The van der Waals surface area contributed by atoms with Crippen molar-refractivity contribution in [3.63, 3.8) is 0 Å². The number of nitrogens with zero attached hydrogens (tertiary/aromatic N) is 1. The lowest BCUT2D eigenvalue weighted by molar-refractivity contribution is 0.490. The molecule has 0 radical (unpaired) electrons. The van der Waals surface area contributed by atoms with Gasteiger partial charge in [0.15, 0.2) is 0 Å². The van der Waals surface area contributed by atoms with Crippen molar-refractivity contribution >= 4 is 0 Å². The standard InChI is InChI=1S/C10H11FN2/c11-10-4-2-7-8-3-1-6(12-8)5-9(7)13-10/h2,4,6,8,12H,1,3,5H2. The number of hydrogen-bond acceptors (Lipinski definition) is 2. The molecule has 1 fully saturated rings. The van der Waals surface area contributed by atoms with Crippen LogP contribution in [0.3, 0.4) is 0 Å². The Morgan fingerprint density at radius 1 is 1.38 bits per heavy atom. The lowest BCUT2D eigenvalue weighted by Gasteiger charge is -2.23. The van der Waals surface area contributed by atoms with Gasteiger partial charge in [0.2, 0.25) is 5.95 Å². The van der Waals surface area contributed by atoms with Gasteiger partial charge in [-0.25, -0.2) is 4.98 Å². The lowest BCUT2D eigenvalue weighted by atomic mass is 10.0. The second-order valence-corrected chi connectivity index (χ2v) is 3.87. The molecule has 2 aliphatic rings. The van der Waals surface area contributed by atoms with Gasteiger partial charge in [-0.15, -0.1) is 0 Å². The minimum Gasteiger partial charge on any atom is -0.307 e. The van der Waals surface area contributed by atoms with Crippen molar-refractivity contribution in [2.24, 2.45) is 0 Å². The molecule has 3 heteroatoms. The summed E-state index contributed by atoms with van der Waals surface area (Å²) in [5, 5.41) is 3.50. The molecule has 3 rings (SSSR count). The molecule has 1 N–H and O–H groups in total. The van der Waals surface area contributed by atoms with E-state index in [1.165, 1.54) is 24.5 Å². The molecule has 0 aromatic carbocycles. The third-order valence-corrected chi connectivity index (χ3v) is 3.03. The van der Waals surface area contributed by atoms with Crippen molar-refractivity contribution in [1.29, 1.82) is 0 Å². The highest BCUT2D eigenvalue weighted by atomic mass is 19.1. The van der Waals surface area contributed by atoms with Crippen molar-refractivity contribution in [3.05, 3.63) is 29.3 Å². The van der Waals surface area contributed by atoms with Crippen LogP contribution in [-0.4, -0.2) is 11.0 Å². The van der Waals surface area contributed by atoms with E-state index in [4.69, 9.17) is 0 Å². The van der Waals surface area contributed by atoms with Gasteiger partial charge in [-0.3, -0.25) is 0 Å². The molecule has 2 bridgehead atoms. The molecule has 1 aromatic rings. The fourth-order valence-corrected chi connectivity index (χ4v) is 2.42. The van der Waals surface area contributed by atoms with Crippen molar-refractivity contribution < 1.29 is 4.39 Å². The molecule has 68 valence electrons. The number of rotatable bonds is 0.